The van der Waals surface area contributed by atoms with Crippen molar-refractivity contribution < 1.29 is 4.79 Å². The molecule has 21 heavy (non-hydrogen) atoms. The quantitative estimate of drug-likeness (QED) is 0.908. The van der Waals surface area contributed by atoms with Gasteiger partial charge in [-0.3, -0.25) is 4.79 Å². The third-order valence-corrected chi connectivity index (χ3v) is 5.19. The number of carbonyl (C=O) groups is 1. The highest BCUT2D eigenvalue weighted by Gasteiger charge is 2.23. The smallest absolute Gasteiger partial charge is 0.251 e. The highest BCUT2D eigenvalue weighted by molar-refractivity contribution is 7.10. The second kappa shape index (κ2) is 5.53. The van der Waals surface area contributed by atoms with Crippen LogP contribution in [-0.4, -0.2) is 19.0 Å². The number of thiophene rings is 1. The average Bonchev–Trinajstić information content (AvgIpc) is 3.14. The van der Waals surface area contributed by atoms with Crippen LogP contribution >= 0.6 is 11.3 Å². The summed E-state index contributed by atoms with van der Waals surface area (Å²) in [6.45, 7) is 5.92. The minimum absolute atomic E-state index is 0.00864. The molecule has 2 aromatic rings. The molecule has 0 fully saturated rings. The summed E-state index contributed by atoms with van der Waals surface area (Å²) in [7, 11) is 0. The van der Waals surface area contributed by atoms with Gasteiger partial charge in [-0.1, -0.05) is 19.9 Å². The third kappa shape index (κ3) is 2.95. The van der Waals surface area contributed by atoms with E-state index in [1.54, 1.807) is 11.3 Å². The van der Waals surface area contributed by atoms with Gasteiger partial charge in [0.15, 0.2) is 0 Å². The summed E-state index contributed by atoms with van der Waals surface area (Å²) in [5.74, 6) is 0.00864. The van der Waals surface area contributed by atoms with E-state index in [4.69, 9.17) is 0 Å². The van der Waals surface area contributed by atoms with Gasteiger partial charge in [-0.15, -0.1) is 11.3 Å². The molecule has 1 aliphatic rings. The second-order valence-electron chi connectivity index (χ2n) is 6.09. The Morgan fingerprint density at radius 3 is 3.00 bits per heavy atom. The van der Waals surface area contributed by atoms with E-state index in [0.29, 0.717) is 6.54 Å². The molecule has 1 amide bonds. The maximum Gasteiger partial charge on any atom is 0.251 e. The second-order valence-corrected chi connectivity index (χ2v) is 7.04. The SMILES string of the molecule is CC(C)(CNC(=O)c1ccc2c(c1)CCN2)c1cccs1. The highest BCUT2D eigenvalue weighted by Crippen LogP contribution is 2.27. The molecule has 2 heterocycles. The van der Waals surface area contributed by atoms with E-state index in [-0.39, 0.29) is 11.3 Å². The molecule has 2 N–H and O–H groups in total. The molecule has 0 atom stereocenters. The van der Waals surface area contributed by atoms with Gasteiger partial charge in [-0.05, 0) is 41.6 Å². The standard InChI is InChI=1S/C17H20N2OS/c1-17(2,15-4-3-9-21-15)11-19-16(20)13-5-6-14-12(10-13)7-8-18-14/h3-6,9-10,18H,7-8,11H2,1-2H3,(H,19,20). The van der Waals surface area contributed by atoms with Crippen LogP contribution in [0.4, 0.5) is 5.69 Å². The first-order valence-corrected chi connectivity index (χ1v) is 8.13. The molecule has 0 aliphatic carbocycles. The van der Waals surface area contributed by atoms with E-state index in [2.05, 4.69) is 42.0 Å². The highest BCUT2D eigenvalue weighted by atomic mass is 32.1. The molecule has 4 heteroatoms. The van der Waals surface area contributed by atoms with Gasteiger partial charge >= 0.3 is 0 Å². The van der Waals surface area contributed by atoms with E-state index < -0.39 is 0 Å². The van der Waals surface area contributed by atoms with Crippen LogP contribution in [0.1, 0.15) is 34.6 Å². The third-order valence-electron chi connectivity index (χ3n) is 3.96. The summed E-state index contributed by atoms with van der Waals surface area (Å²) in [5, 5.41) is 8.45. The first kappa shape index (κ1) is 14.1. The molecule has 1 aromatic heterocycles. The number of carbonyl (C=O) groups excluding carboxylic acids is 1. The Balaban J connectivity index is 1.67. The number of hydrogen-bond acceptors (Lipinski definition) is 3. The summed E-state index contributed by atoms with van der Waals surface area (Å²) in [6.07, 6.45) is 0.997. The topological polar surface area (TPSA) is 41.1 Å². The van der Waals surface area contributed by atoms with Gasteiger partial charge in [-0.2, -0.15) is 0 Å². The Hall–Kier alpha value is -1.81. The Kier molecular flexibility index (Phi) is 3.72. The Morgan fingerprint density at radius 2 is 2.24 bits per heavy atom. The monoisotopic (exact) mass is 300 g/mol. The summed E-state index contributed by atoms with van der Waals surface area (Å²) in [4.78, 5) is 13.6. The van der Waals surface area contributed by atoms with Crippen LogP contribution < -0.4 is 10.6 Å². The van der Waals surface area contributed by atoms with Crippen LogP contribution in [0.25, 0.3) is 0 Å². The van der Waals surface area contributed by atoms with Crippen LogP contribution in [0.3, 0.4) is 0 Å². The summed E-state index contributed by atoms with van der Waals surface area (Å²) in [5.41, 5.74) is 3.10. The molecular formula is C17H20N2OS. The molecule has 0 radical (unpaired) electrons. The Labute approximate surface area is 129 Å². The van der Waals surface area contributed by atoms with E-state index in [0.717, 1.165) is 24.2 Å². The minimum Gasteiger partial charge on any atom is -0.384 e. The van der Waals surface area contributed by atoms with Crippen molar-refractivity contribution in [2.24, 2.45) is 0 Å². The largest absolute Gasteiger partial charge is 0.384 e. The number of benzene rings is 1. The maximum absolute atomic E-state index is 12.3. The average molecular weight is 300 g/mol. The van der Waals surface area contributed by atoms with Gasteiger partial charge in [0, 0.05) is 34.6 Å². The van der Waals surface area contributed by atoms with Crippen LogP contribution in [0.5, 0.6) is 0 Å². The fourth-order valence-electron chi connectivity index (χ4n) is 2.60. The van der Waals surface area contributed by atoms with E-state index in [1.165, 1.54) is 10.4 Å². The molecule has 0 unspecified atom stereocenters. The first-order valence-electron chi connectivity index (χ1n) is 7.25. The van der Waals surface area contributed by atoms with Gasteiger partial charge in [0.1, 0.15) is 0 Å². The molecule has 3 rings (SSSR count). The number of fused-ring (bicyclic) bond motifs is 1. The minimum atomic E-state index is -0.0396. The van der Waals surface area contributed by atoms with Crippen molar-refractivity contribution in [1.29, 1.82) is 0 Å². The zero-order chi connectivity index (χ0) is 14.9. The van der Waals surface area contributed by atoms with Crippen molar-refractivity contribution in [2.45, 2.75) is 25.7 Å². The number of hydrogen-bond donors (Lipinski definition) is 2. The molecule has 0 spiro atoms. The predicted octanol–water partition coefficient (Wildman–Crippen LogP) is 3.42. The molecule has 110 valence electrons. The molecular weight excluding hydrogens is 280 g/mol. The van der Waals surface area contributed by atoms with Crippen molar-refractivity contribution in [3.05, 3.63) is 51.7 Å². The summed E-state index contributed by atoms with van der Waals surface area (Å²) < 4.78 is 0. The van der Waals surface area contributed by atoms with Gasteiger partial charge in [0.2, 0.25) is 0 Å². The van der Waals surface area contributed by atoms with Crippen LogP contribution in [-0.2, 0) is 11.8 Å². The Bertz CT molecular complexity index is 647. The number of amides is 1. The lowest BCUT2D eigenvalue weighted by molar-refractivity contribution is 0.0946. The van der Waals surface area contributed by atoms with E-state index in [9.17, 15) is 4.79 Å². The van der Waals surface area contributed by atoms with Crippen molar-refractivity contribution >= 4 is 22.9 Å². The van der Waals surface area contributed by atoms with E-state index in [1.807, 2.05) is 18.2 Å². The van der Waals surface area contributed by atoms with Crippen LogP contribution in [0, 0.1) is 0 Å². The lowest BCUT2D eigenvalue weighted by Gasteiger charge is -2.23. The Morgan fingerprint density at radius 1 is 1.38 bits per heavy atom. The van der Waals surface area contributed by atoms with Gasteiger partial charge < -0.3 is 10.6 Å². The van der Waals surface area contributed by atoms with Gasteiger partial charge in [0.25, 0.3) is 5.91 Å². The van der Waals surface area contributed by atoms with Gasteiger partial charge in [0.05, 0.1) is 0 Å². The summed E-state index contributed by atoms with van der Waals surface area (Å²) in [6, 6.07) is 10.1. The number of nitrogens with one attached hydrogen (secondary N) is 2. The van der Waals surface area contributed by atoms with Crippen molar-refractivity contribution in [3.63, 3.8) is 0 Å². The molecule has 3 nitrogen and oxygen atoms in total. The van der Waals surface area contributed by atoms with Crippen LogP contribution in [0.2, 0.25) is 0 Å². The van der Waals surface area contributed by atoms with Crippen molar-refractivity contribution in [1.82, 2.24) is 5.32 Å². The van der Waals surface area contributed by atoms with Gasteiger partial charge in [-0.25, -0.2) is 0 Å². The maximum atomic E-state index is 12.3. The number of rotatable bonds is 4. The molecule has 0 saturated heterocycles. The van der Waals surface area contributed by atoms with Crippen LogP contribution in [0.15, 0.2) is 35.7 Å². The summed E-state index contributed by atoms with van der Waals surface area (Å²) >= 11 is 1.73. The first-order chi connectivity index (χ1) is 10.1. The molecule has 0 saturated carbocycles. The zero-order valence-electron chi connectivity index (χ0n) is 12.4. The van der Waals surface area contributed by atoms with Crippen molar-refractivity contribution in [3.8, 4) is 0 Å². The predicted molar refractivity (Wildman–Crippen MR) is 88.3 cm³/mol. The zero-order valence-corrected chi connectivity index (χ0v) is 13.2. The van der Waals surface area contributed by atoms with E-state index >= 15 is 0 Å². The molecule has 1 aliphatic heterocycles. The fourth-order valence-corrected chi connectivity index (χ4v) is 3.45. The fraction of sp³-hybridized carbons (Fsp3) is 0.353. The molecule has 0 bridgehead atoms. The number of anilines is 1. The van der Waals surface area contributed by atoms with Crippen molar-refractivity contribution in [2.75, 3.05) is 18.4 Å². The molecule has 1 aromatic carbocycles. The lowest BCUT2D eigenvalue weighted by Crippen LogP contribution is -2.36. The normalized spacial score (nSPS) is 13.6. The lowest BCUT2D eigenvalue weighted by atomic mass is 9.91.